The number of aliphatic hydroxyl groups excluding tert-OH is 1. The number of rotatable bonds is 2. The summed E-state index contributed by atoms with van der Waals surface area (Å²) in [6, 6.07) is 1.66. The maximum absolute atomic E-state index is 13.7. The van der Waals surface area contributed by atoms with Gasteiger partial charge >= 0.3 is 7.12 Å². The molecular weight excluding hydrogens is 405 g/mol. The van der Waals surface area contributed by atoms with E-state index in [1.165, 1.54) is 0 Å². The maximum atomic E-state index is 13.7. The predicted molar refractivity (Wildman–Crippen MR) is 128 cm³/mol. The topological polar surface area (TPSA) is 76.8 Å². The van der Waals surface area contributed by atoms with Gasteiger partial charge in [0.15, 0.2) is 0 Å². The summed E-state index contributed by atoms with van der Waals surface area (Å²) in [5.41, 5.74) is 2.34. The second-order valence-corrected chi connectivity index (χ2v) is 10.4. The van der Waals surface area contributed by atoms with Crippen molar-refractivity contribution in [1.82, 2.24) is 9.55 Å². The molecule has 5 rings (SSSR count). The van der Waals surface area contributed by atoms with Crippen LogP contribution in [0.15, 0.2) is 23.3 Å². The lowest BCUT2D eigenvalue weighted by Gasteiger charge is -2.32. The zero-order chi connectivity index (χ0) is 22.8. The minimum Gasteiger partial charge on any atom is -0.399 e. The molecule has 2 aromatic rings. The predicted octanol–water partition coefficient (Wildman–Crippen LogP) is 2.63. The van der Waals surface area contributed by atoms with Crippen molar-refractivity contribution in [3.63, 3.8) is 0 Å². The fraction of sp³-hybridized carbons (Fsp3) is 0.583. The van der Waals surface area contributed by atoms with Crippen LogP contribution in [0.1, 0.15) is 65.0 Å². The molecule has 8 heteroatoms. The maximum Gasteiger partial charge on any atom is 0.495 e. The number of aliphatic hydroxyl groups is 1. The zero-order valence-electron chi connectivity index (χ0n) is 19.6. The number of nitrogens with zero attached hydrogens (tertiary/aromatic N) is 3. The van der Waals surface area contributed by atoms with Gasteiger partial charge in [0.1, 0.15) is 5.52 Å². The van der Waals surface area contributed by atoms with Gasteiger partial charge in [-0.2, -0.15) is 0 Å². The van der Waals surface area contributed by atoms with Crippen LogP contribution in [-0.2, 0) is 9.31 Å². The van der Waals surface area contributed by atoms with Crippen LogP contribution in [0.5, 0.6) is 0 Å². The van der Waals surface area contributed by atoms with Crippen molar-refractivity contribution in [3.05, 3.63) is 34.4 Å². The second kappa shape index (κ2) is 7.44. The first kappa shape index (κ1) is 21.7. The normalized spacial score (nSPS) is 26.6. The molecule has 1 saturated carbocycles. The number of anilines is 1. The third-order valence-electron chi connectivity index (χ3n) is 7.73. The molecule has 2 atom stereocenters. The Kier molecular flexibility index (Phi) is 5.04. The van der Waals surface area contributed by atoms with Crippen molar-refractivity contribution < 1.29 is 14.4 Å². The molecule has 2 unspecified atom stereocenters. The lowest BCUT2D eigenvalue weighted by Crippen LogP contribution is -2.41. The Balaban J connectivity index is 1.72. The molecule has 7 nitrogen and oxygen atoms in total. The highest BCUT2D eigenvalue weighted by molar-refractivity contribution is 6.63. The third kappa shape index (κ3) is 3.23. The minimum atomic E-state index is -0.581. The molecule has 3 heterocycles. The molecule has 3 aliphatic rings. The van der Waals surface area contributed by atoms with Gasteiger partial charge in [-0.25, -0.2) is 4.98 Å². The van der Waals surface area contributed by atoms with E-state index in [2.05, 4.69) is 17.1 Å². The van der Waals surface area contributed by atoms with E-state index in [0.717, 1.165) is 42.5 Å². The number of benzene rings is 1. The van der Waals surface area contributed by atoms with Gasteiger partial charge in [-0.1, -0.05) is 25.0 Å². The highest BCUT2D eigenvalue weighted by Gasteiger charge is 2.52. The molecule has 0 spiro atoms. The standard InChI is InChI=1S/C24H32BN3O4/c1-23(2)24(3,4)32-25(31-23)17-13-16-20(21-15(17)9-8-12-27(21)5)26-14-28(22(16)30)18-10-6-7-11-19(18)29/h8-9,13-14,18-19,29H,6-7,10-12H2,1-5H3. The van der Waals surface area contributed by atoms with Gasteiger partial charge in [-0.3, -0.25) is 9.36 Å². The number of hydrogen-bond acceptors (Lipinski definition) is 6. The van der Waals surface area contributed by atoms with Crippen LogP contribution in [0.3, 0.4) is 0 Å². The fourth-order valence-electron chi connectivity index (χ4n) is 5.10. The Morgan fingerprint density at radius 3 is 2.53 bits per heavy atom. The highest BCUT2D eigenvalue weighted by atomic mass is 16.7. The SMILES string of the molecule is CN1CC=Cc2c(B3OC(C)(C)C(C)(C)O3)cc3c(=O)n(C4CCCCC4O)cnc3c21. The van der Waals surface area contributed by atoms with E-state index in [9.17, 15) is 9.90 Å². The van der Waals surface area contributed by atoms with E-state index in [0.29, 0.717) is 17.3 Å². The molecule has 0 amide bonds. The molecular formula is C24H32BN3O4. The van der Waals surface area contributed by atoms with Gasteiger partial charge in [0, 0.05) is 13.6 Å². The first-order chi connectivity index (χ1) is 15.1. The zero-order valence-corrected chi connectivity index (χ0v) is 19.6. The van der Waals surface area contributed by atoms with Crippen molar-refractivity contribution in [2.24, 2.45) is 0 Å². The summed E-state index contributed by atoms with van der Waals surface area (Å²) in [5, 5.41) is 11.1. The summed E-state index contributed by atoms with van der Waals surface area (Å²) >= 11 is 0. The van der Waals surface area contributed by atoms with Gasteiger partial charge in [0.05, 0.1) is 40.7 Å². The Bertz CT molecular complexity index is 1140. The van der Waals surface area contributed by atoms with E-state index in [4.69, 9.17) is 14.3 Å². The summed E-state index contributed by atoms with van der Waals surface area (Å²) in [4.78, 5) is 20.5. The van der Waals surface area contributed by atoms with Gasteiger partial charge < -0.3 is 19.3 Å². The van der Waals surface area contributed by atoms with E-state index >= 15 is 0 Å². The average Bonchev–Trinajstić information content (AvgIpc) is 2.95. The molecule has 170 valence electrons. The quantitative estimate of drug-likeness (QED) is 0.729. The molecule has 1 aromatic heterocycles. The number of likely N-dealkylation sites (N-methyl/N-ethyl adjacent to an activating group) is 1. The molecule has 0 bridgehead atoms. The van der Waals surface area contributed by atoms with E-state index in [-0.39, 0.29) is 11.6 Å². The van der Waals surface area contributed by atoms with Gasteiger partial charge in [0.2, 0.25) is 0 Å². The van der Waals surface area contributed by atoms with Crippen molar-refractivity contribution in [2.75, 3.05) is 18.5 Å². The fourth-order valence-corrected chi connectivity index (χ4v) is 5.10. The van der Waals surface area contributed by atoms with E-state index in [1.54, 1.807) is 10.9 Å². The Labute approximate surface area is 189 Å². The van der Waals surface area contributed by atoms with Gasteiger partial charge in [0.25, 0.3) is 5.56 Å². The Morgan fingerprint density at radius 2 is 1.84 bits per heavy atom. The van der Waals surface area contributed by atoms with E-state index in [1.807, 2.05) is 40.8 Å². The highest BCUT2D eigenvalue weighted by Crippen LogP contribution is 2.39. The summed E-state index contributed by atoms with van der Waals surface area (Å²) < 4.78 is 14.4. The van der Waals surface area contributed by atoms with Crippen LogP contribution in [0.25, 0.3) is 17.0 Å². The van der Waals surface area contributed by atoms with Crippen molar-refractivity contribution in [1.29, 1.82) is 0 Å². The molecule has 32 heavy (non-hydrogen) atoms. The summed E-state index contributed by atoms with van der Waals surface area (Å²) in [5.74, 6) is 0. The first-order valence-electron chi connectivity index (χ1n) is 11.6. The third-order valence-corrected chi connectivity index (χ3v) is 7.73. The molecule has 1 aromatic carbocycles. The van der Waals surface area contributed by atoms with Crippen LogP contribution in [0.2, 0.25) is 0 Å². The molecule has 2 fully saturated rings. The second-order valence-electron chi connectivity index (χ2n) is 10.4. The number of fused-ring (bicyclic) bond motifs is 3. The van der Waals surface area contributed by atoms with Crippen LogP contribution in [0.4, 0.5) is 5.69 Å². The summed E-state index contributed by atoms with van der Waals surface area (Å²) in [7, 11) is 1.43. The van der Waals surface area contributed by atoms with Gasteiger partial charge in [-0.15, -0.1) is 0 Å². The largest absolute Gasteiger partial charge is 0.495 e. The number of aromatic nitrogens is 2. The lowest BCUT2D eigenvalue weighted by atomic mass is 9.74. The van der Waals surface area contributed by atoms with Crippen LogP contribution in [0, 0.1) is 0 Å². The van der Waals surface area contributed by atoms with Crippen LogP contribution < -0.4 is 15.9 Å². The van der Waals surface area contributed by atoms with Crippen LogP contribution in [-0.4, -0.2) is 52.7 Å². The lowest BCUT2D eigenvalue weighted by molar-refractivity contribution is 0.00578. The summed E-state index contributed by atoms with van der Waals surface area (Å²) in [6.45, 7) is 8.85. The molecule has 1 aliphatic carbocycles. The first-order valence-corrected chi connectivity index (χ1v) is 11.6. The Morgan fingerprint density at radius 1 is 1.16 bits per heavy atom. The molecule has 1 N–H and O–H groups in total. The smallest absolute Gasteiger partial charge is 0.399 e. The monoisotopic (exact) mass is 437 g/mol. The minimum absolute atomic E-state index is 0.121. The van der Waals surface area contributed by atoms with E-state index < -0.39 is 24.4 Å². The van der Waals surface area contributed by atoms with Crippen LogP contribution >= 0.6 is 0 Å². The molecule has 1 saturated heterocycles. The number of hydrogen-bond donors (Lipinski definition) is 1. The average molecular weight is 437 g/mol. The van der Waals surface area contributed by atoms with Crippen molar-refractivity contribution in [2.45, 2.75) is 76.7 Å². The Hall–Kier alpha value is -2.16. The van der Waals surface area contributed by atoms with Crippen molar-refractivity contribution in [3.8, 4) is 0 Å². The van der Waals surface area contributed by atoms with Crippen molar-refractivity contribution >= 4 is 35.2 Å². The van der Waals surface area contributed by atoms with Gasteiger partial charge in [-0.05, 0) is 57.6 Å². The molecule has 0 radical (unpaired) electrons. The molecule has 2 aliphatic heterocycles. The summed E-state index contributed by atoms with van der Waals surface area (Å²) in [6.07, 6.45) is 8.76.